The van der Waals surface area contributed by atoms with Crippen molar-refractivity contribution in [1.82, 2.24) is 25.6 Å². The van der Waals surface area contributed by atoms with E-state index in [2.05, 4.69) is 20.9 Å². The zero-order valence-corrected chi connectivity index (χ0v) is 16.6. The first kappa shape index (κ1) is 21.0. The Morgan fingerprint density at radius 2 is 2.04 bits per heavy atom. The highest BCUT2D eigenvalue weighted by Crippen LogP contribution is 2.29. The molecule has 1 aliphatic heterocycles. The molecule has 8 nitrogen and oxygen atoms in total. The molecule has 2 heterocycles. The summed E-state index contributed by atoms with van der Waals surface area (Å²) in [7, 11) is 3.21. The number of nitrogens with one attached hydrogen (secondary N) is 2. The van der Waals surface area contributed by atoms with E-state index in [1.807, 2.05) is 25.1 Å². The molecule has 2 N–H and O–H groups in total. The quantitative estimate of drug-likeness (QED) is 0.778. The van der Waals surface area contributed by atoms with Crippen LogP contribution in [0.2, 0.25) is 0 Å². The summed E-state index contributed by atoms with van der Waals surface area (Å²) >= 11 is 0. The number of aromatic nitrogens is 3. The summed E-state index contributed by atoms with van der Waals surface area (Å²) in [6, 6.07) is 5.53. The first-order valence-electron chi connectivity index (χ1n) is 8.77. The fourth-order valence-electron chi connectivity index (χ4n) is 3.16. The fraction of sp³-hybridized carbons (Fsp3) is 0.500. The van der Waals surface area contributed by atoms with E-state index in [1.54, 1.807) is 25.1 Å². The molecular formula is C18H26ClN5O3. The normalized spacial score (nSPS) is 15.5. The minimum absolute atomic E-state index is 0. The van der Waals surface area contributed by atoms with Crippen LogP contribution in [0.5, 0.6) is 11.5 Å². The Labute approximate surface area is 165 Å². The summed E-state index contributed by atoms with van der Waals surface area (Å²) < 4.78 is 12.5. The first-order chi connectivity index (χ1) is 12.6. The number of ether oxygens (including phenoxy) is 2. The average Bonchev–Trinajstić information content (AvgIpc) is 3.18. The van der Waals surface area contributed by atoms with Crippen molar-refractivity contribution in [3.63, 3.8) is 0 Å². The molecule has 1 amide bonds. The highest BCUT2D eigenvalue weighted by molar-refractivity contribution is 5.92. The molecule has 27 heavy (non-hydrogen) atoms. The Balaban J connectivity index is 0.00000261. The molecule has 0 saturated carbocycles. The highest BCUT2D eigenvalue weighted by Gasteiger charge is 2.21. The van der Waals surface area contributed by atoms with Crippen LogP contribution in [-0.4, -0.2) is 48.2 Å². The van der Waals surface area contributed by atoms with Gasteiger partial charge in [0, 0.05) is 5.56 Å². The third kappa shape index (κ3) is 4.90. The molecule has 0 radical (unpaired) electrons. The van der Waals surface area contributed by atoms with Crippen molar-refractivity contribution >= 4 is 18.3 Å². The van der Waals surface area contributed by atoms with Crippen molar-refractivity contribution in [3.05, 3.63) is 35.7 Å². The molecule has 1 aliphatic rings. The first-order valence-corrected chi connectivity index (χ1v) is 8.77. The largest absolute Gasteiger partial charge is 0.497 e. The van der Waals surface area contributed by atoms with Crippen LogP contribution in [0.1, 0.15) is 47.9 Å². The van der Waals surface area contributed by atoms with E-state index in [4.69, 9.17) is 9.47 Å². The zero-order chi connectivity index (χ0) is 18.5. The average molecular weight is 396 g/mol. The predicted molar refractivity (Wildman–Crippen MR) is 104 cm³/mol. The number of piperidine rings is 1. The molecule has 148 valence electrons. The monoisotopic (exact) mass is 395 g/mol. The van der Waals surface area contributed by atoms with Gasteiger partial charge in [0.25, 0.3) is 5.91 Å². The lowest BCUT2D eigenvalue weighted by Crippen LogP contribution is -2.29. The van der Waals surface area contributed by atoms with E-state index in [-0.39, 0.29) is 24.4 Å². The van der Waals surface area contributed by atoms with Crippen molar-refractivity contribution in [1.29, 1.82) is 0 Å². The van der Waals surface area contributed by atoms with Gasteiger partial charge in [-0.05, 0) is 51.1 Å². The third-order valence-corrected chi connectivity index (χ3v) is 4.68. The second-order valence-electron chi connectivity index (χ2n) is 6.37. The lowest BCUT2D eigenvalue weighted by molar-refractivity contribution is 0.0934. The van der Waals surface area contributed by atoms with Crippen molar-refractivity contribution in [2.45, 2.75) is 31.8 Å². The van der Waals surface area contributed by atoms with Gasteiger partial charge in [0.05, 0.1) is 32.5 Å². The standard InChI is InChI=1S/C18H25N5O3.ClH/c1-12(15-10-14(25-2)4-5-17(15)26-3)20-18(24)16-11-23(22-21-16)13-6-8-19-9-7-13;/h4-5,10-13,19H,6-9H2,1-3H3,(H,20,24);1H. The summed E-state index contributed by atoms with van der Waals surface area (Å²) in [5.74, 6) is 1.14. The molecule has 0 aliphatic carbocycles. The van der Waals surface area contributed by atoms with Gasteiger partial charge in [0.2, 0.25) is 0 Å². The topological polar surface area (TPSA) is 90.3 Å². The summed E-state index contributed by atoms with van der Waals surface area (Å²) in [6.45, 7) is 3.81. The molecule has 9 heteroatoms. The van der Waals surface area contributed by atoms with Crippen LogP contribution < -0.4 is 20.1 Å². The number of carbonyl (C=O) groups is 1. The summed E-state index contributed by atoms with van der Waals surface area (Å²) in [6.07, 6.45) is 3.70. The van der Waals surface area contributed by atoms with E-state index in [0.717, 1.165) is 31.5 Å². The van der Waals surface area contributed by atoms with Crippen molar-refractivity contribution < 1.29 is 14.3 Å². The van der Waals surface area contributed by atoms with Gasteiger partial charge in [0.1, 0.15) is 11.5 Å². The maximum absolute atomic E-state index is 12.6. The maximum Gasteiger partial charge on any atom is 0.273 e. The van der Waals surface area contributed by atoms with Crippen molar-refractivity contribution in [3.8, 4) is 11.5 Å². The van der Waals surface area contributed by atoms with Gasteiger partial charge in [-0.25, -0.2) is 4.68 Å². The van der Waals surface area contributed by atoms with Crippen molar-refractivity contribution in [2.75, 3.05) is 27.3 Å². The van der Waals surface area contributed by atoms with Gasteiger partial charge in [-0.2, -0.15) is 0 Å². The maximum atomic E-state index is 12.6. The SMILES string of the molecule is COc1ccc(OC)c(C(C)NC(=O)c2cn(C3CCNCC3)nn2)c1.Cl. The van der Waals surface area contributed by atoms with E-state index in [0.29, 0.717) is 23.2 Å². The molecule has 1 fully saturated rings. The third-order valence-electron chi connectivity index (χ3n) is 4.68. The van der Waals surface area contributed by atoms with Gasteiger partial charge in [-0.15, -0.1) is 17.5 Å². The van der Waals surface area contributed by atoms with Gasteiger partial charge in [0.15, 0.2) is 5.69 Å². The summed E-state index contributed by atoms with van der Waals surface area (Å²) in [5.41, 5.74) is 1.16. The Bertz CT molecular complexity index is 761. The number of benzene rings is 1. The number of carbonyl (C=O) groups excluding carboxylic acids is 1. The van der Waals surface area contributed by atoms with Crippen LogP contribution in [-0.2, 0) is 0 Å². The number of hydrogen-bond acceptors (Lipinski definition) is 6. The molecule has 2 aromatic rings. The van der Waals surface area contributed by atoms with Crippen molar-refractivity contribution in [2.24, 2.45) is 0 Å². The van der Waals surface area contributed by atoms with E-state index in [9.17, 15) is 4.79 Å². The minimum Gasteiger partial charge on any atom is -0.497 e. The van der Waals surface area contributed by atoms with Crippen LogP contribution in [0.25, 0.3) is 0 Å². The van der Waals surface area contributed by atoms with Gasteiger partial charge < -0.3 is 20.1 Å². The number of halogens is 1. The summed E-state index contributed by atoms with van der Waals surface area (Å²) in [5, 5.41) is 14.4. The number of rotatable bonds is 6. The second-order valence-corrected chi connectivity index (χ2v) is 6.37. The fourth-order valence-corrected chi connectivity index (χ4v) is 3.16. The molecule has 1 aromatic carbocycles. The Morgan fingerprint density at radius 3 is 2.70 bits per heavy atom. The highest BCUT2D eigenvalue weighted by atomic mass is 35.5. The minimum atomic E-state index is -0.267. The van der Waals surface area contributed by atoms with Gasteiger partial charge >= 0.3 is 0 Å². The molecular weight excluding hydrogens is 370 g/mol. The lowest BCUT2D eigenvalue weighted by atomic mass is 10.1. The predicted octanol–water partition coefficient (Wildman–Crippen LogP) is 2.13. The van der Waals surface area contributed by atoms with Crippen LogP contribution in [0.4, 0.5) is 0 Å². The van der Waals surface area contributed by atoms with Crippen LogP contribution >= 0.6 is 12.4 Å². The molecule has 3 rings (SSSR count). The number of amides is 1. The molecule has 1 unspecified atom stereocenters. The van der Waals surface area contributed by atoms with Gasteiger partial charge in [-0.1, -0.05) is 5.21 Å². The smallest absolute Gasteiger partial charge is 0.273 e. The number of methoxy groups -OCH3 is 2. The molecule has 1 saturated heterocycles. The zero-order valence-electron chi connectivity index (χ0n) is 15.8. The van der Waals surface area contributed by atoms with E-state index >= 15 is 0 Å². The Kier molecular flexibility index (Phi) is 7.44. The number of nitrogens with zero attached hydrogens (tertiary/aromatic N) is 3. The molecule has 1 atom stereocenters. The summed E-state index contributed by atoms with van der Waals surface area (Å²) in [4.78, 5) is 12.6. The molecule has 1 aromatic heterocycles. The second kappa shape index (κ2) is 9.57. The Hall–Kier alpha value is -2.32. The molecule has 0 bridgehead atoms. The van der Waals surface area contributed by atoms with E-state index in [1.165, 1.54) is 0 Å². The lowest BCUT2D eigenvalue weighted by Gasteiger charge is -2.22. The van der Waals surface area contributed by atoms with Crippen LogP contribution in [0.3, 0.4) is 0 Å². The number of hydrogen-bond donors (Lipinski definition) is 2. The molecule has 0 spiro atoms. The van der Waals surface area contributed by atoms with Crippen LogP contribution in [0, 0.1) is 0 Å². The van der Waals surface area contributed by atoms with E-state index < -0.39 is 0 Å². The van der Waals surface area contributed by atoms with Gasteiger partial charge in [-0.3, -0.25) is 4.79 Å². The Morgan fingerprint density at radius 1 is 1.30 bits per heavy atom. The van der Waals surface area contributed by atoms with Crippen LogP contribution in [0.15, 0.2) is 24.4 Å².